The maximum atomic E-state index is 10.7. The molecule has 11 nitrogen and oxygen atoms in total. The van der Waals surface area contributed by atoms with Crippen LogP contribution >= 0.6 is 0 Å². The number of rotatable bonds is 6. The van der Waals surface area contributed by atoms with Gasteiger partial charge < -0.3 is 30.1 Å². The molecule has 2 aliphatic rings. The van der Waals surface area contributed by atoms with Crippen LogP contribution in [0.2, 0.25) is 0 Å². The average Bonchev–Trinajstić information content (AvgIpc) is 3.36. The van der Waals surface area contributed by atoms with Gasteiger partial charge in [-0.2, -0.15) is 10.2 Å². The monoisotopic (exact) mass is 480 g/mol. The molecule has 1 saturated heterocycles. The second-order valence-electron chi connectivity index (χ2n) is 9.12. The molecule has 1 aliphatic heterocycles. The first-order valence-electron chi connectivity index (χ1n) is 11.8. The minimum absolute atomic E-state index is 0.0748. The quantitative estimate of drug-likeness (QED) is 0.408. The van der Waals surface area contributed by atoms with Crippen LogP contribution in [0, 0.1) is 11.3 Å². The maximum Gasteiger partial charge on any atom is 0.245 e. The maximum absolute atomic E-state index is 10.7. The number of imidazole rings is 1. The smallest absolute Gasteiger partial charge is 0.245 e. The van der Waals surface area contributed by atoms with Crippen LogP contribution in [0.25, 0.3) is 11.2 Å². The predicted octanol–water partition coefficient (Wildman–Crippen LogP) is 1.63. The molecule has 0 radical (unpaired) electrons. The van der Waals surface area contributed by atoms with Crippen LogP contribution in [0.3, 0.4) is 0 Å². The Kier molecular flexibility index (Phi) is 6.53. The minimum Gasteiger partial charge on any atom is -0.471 e. The Labute approximate surface area is 202 Å². The second kappa shape index (κ2) is 9.75. The van der Waals surface area contributed by atoms with Crippen molar-refractivity contribution >= 4 is 17.1 Å². The summed E-state index contributed by atoms with van der Waals surface area (Å²) in [5.41, 5.74) is 2.22. The molecule has 4 atom stereocenters. The number of nitrogens with one attached hydrogen (secondary N) is 1. The van der Waals surface area contributed by atoms with Crippen molar-refractivity contribution in [1.29, 1.82) is 5.26 Å². The van der Waals surface area contributed by atoms with Gasteiger partial charge in [-0.15, -0.1) is 0 Å². The van der Waals surface area contributed by atoms with Crippen molar-refractivity contribution < 1.29 is 24.8 Å². The van der Waals surface area contributed by atoms with Gasteiger partial charge in [-0.3, -0.25) is 4.57 Å². The number of benzene rings is 1. The van der Waals surface area contributed by atoms with Gasteiger partial charge in [0.1, 0.15) is 25.1 Å². The molecule has 1 aliphatic carbocycles. The fraction of sp³-hybridized carbons (Fsp3) is 0.500. The highest BCUT2D eigenvalue weighted by Gasteiger charge is 2.43. The lowest BCUT2D eigenvalue weighted by atomic mass is 9.93. The topological polar surface area (TPSA) is 159 Å². The number of aliphatic hydroxyl groups is 3. The summed E-state index contributed by atoms with van der Waals surface area (Å²) in [5.74, 6) is 0.691. The van der Waals surface area contributed by atoms with Gasteiger partial charge in [0.15, 0.2) is 17.4 Å². The molecule has 3 aromatic rings. The van der Waals surface area contributed by atoms with Crippen LogP contribution in [0.4, 0.5) is 5.95 Å². The highest BCUT2D eigenvalue weighted by atomic mass is 16.6. The minimum atomic E-state index is -1.17. The second-order valence-corrected chi connectivity index (χ2v) is 9.12. The van der Waals surface area contributed by atoms with Crippen LogP contribution in [0.1, 0.15) is 50.0 Å². The van der Waals surface area contributed by atoms with E-state index in [0.29, 0.717) is 35.5 Å². The van der Waals surface area contributed by atoms with E-state index >= 15 is 0 Å². The van der Waals surface area contributed by atoms with Crippen LogP contribution < -0.4 is 10.1 Å². The number of aliphatic hydroxyl groups excluding tert-OH is 3. The molecule has 1 aromatic carbocycles. The van der Waals surface area contributed by atoms with Crippen molar-refractivity contribution in [1.82, 2.24) is 19.5 Å². The Balaban J connectivity index is 1.48. The fourth-order valence-electron chi connectivity index (χ4n) is 4.61. The van der Waals surface area contributed by atoms with E-state index in [-0.39, 0.29) is 24.6 Å². The molecular weight excluding hydrogens is 452 g/mol. The van der Waals surface area contributed by atoms with Gasteiger partial charge in [0, 0.05) is 6.04 Å². The first-order valence-corrected chi connectivity index (χ1v) is 11.8. The molecular formula is C24H28N6O5. The summed E-state index contributed by atoms with van der Waals surface area (Å²) in [4.78, 5) is 13.4. The van der Waals surface area contributed by atoms with Gasteiger partial charge in [0.25, 0.3) is 0 Å². The molecule has 11 heteroatoms. The molecule has 2 fully saturated rings. The molecule has 0 bridgehead atoms. The standard InChI is InChI=1S/C24H28N6O5/c1-13-19(32)20(33)23(35-13)30-21-18(29-24(30)28-16-6-8-17(31)9-7-16)22(27-12-26-21)34-11-15-4-2-14(10-25)3-5-15/h2-5,12-13,16-17,19-20,23,31-33H,6-9,11H2,1H3,(H,28,29)/t13-,16?,17?,19-,20-,23-/m1/s1. The lowest BCUT2D eigenvalue weighted by molar-refractivity contribution is -0.0288. The largest absolute Gasteiger partial charge is 0.471 e. The first kappa shape index (κ1) is 23.4. The Bertz CT molecular complexity index is 1220. The number of aromatic nitrogens is 4. The molecule has 0 spiro atoms. The zero-order valence-electron chi connectivity index (χ0n) is 19.3. The summed E-state index contributed by atoms with van der Waals surface area (Å²) in [6, 6.07) is 9.22. The van der Waals surface area contributed by atoms with Crippen molar-refractivity contribution in [3.8, 4) is 11.9 Å². The lowest BCUT2D eigenvalue weighted by Crippen LogP contribution is -2.32. The first-order chi connectivity index (χ1) is 16.9. The normalized spacial score (nSPS) is 28.7. The fourth-order valence-corrected chi connectivity index (χ4v) is 4.61. The number of anilines is 1. The number of fused-ring (bicyclic) bond motifs is 1. The molecule has 4 N–H and O–H groups in total. The van der Waals surface area contributed by atoms with Crippen molar-refractivity contribution in [3.63, 3.8) is 0 Å². The highest BCUT2D eigenvalue weighted by molar-refractivity contribution is 5.79. The average molecular weight is 481 g/mol. The van der Waals surface area contributed by atoms with E-state index in [0.717, 1.165) is 18.4 Å². The molecule has 2 aromatic heterocycles. The number of hydrogen-bond acceptors (Lipinski definition) is 10. The third-order valence-corrected chi connectivity index (χ3v) is 6.66. The van der Waals surface area contributed by atoms with E-state index < -0.39 is 24.5 Å². The molecule has 3 heterocycles. The van der Waals surface area contributed by atoms with Crippen LogP contribution in [-0.4, -0.2) is 65.3 Å². The molecule has 1 saturated carbocycles. The van der Waals surface area contributed by atoms with Crippen LogP contribution in [-0.2, 0) is 11.3 Å². The molecule has 184 valence electrons. The van der Waals surface area contributed by atoms with E-state index in [4.69, 9.17) is 19.7 Å². The molecule has 0 unspecified atom stereocenters. The van der Waals surface area contributed by atoms with Crippen molar-refractivity contribution in [2.24, 2.45) is 0 Å². The third kappa shape index (κ3) is 4.66. The van der Waals surface area contributed by atoms with Gasteiger partial charge >= 0.3 is 0 Å². The van der Waals surface area contributed by atoms with E-state index in [2.05, 4.69) is 21.4 Å². The number of nitriles is 1. The number of ether oxygens (including phenoxy) is 2. The molecule has 35 heavy (non-hydrogen) atoms. The summed E-state index contributed by atoms with van der Waals surface area (Å²) in [7, 11) is 0. The molecule has 5 rings (SSSR count). The molecule has 0 amide bonds. The lowest BCUT2D eigenvalue weighted by Gasteiger charge is -2.28. The van der Waals surface area contributed by atoms with Gasteiger partial charge in [-0.1, -0.05) is 12.1 Å². The zero-order valence-corrected chi connectivity index (χ0v) is 19.3. The van der Waals surface area contributed by atoms with Gasteiger partial charge in [0.2, 0.25) is 11.8 Å². The Morgan fingerprint density at radius 2 is 1.86 bits per heavy atom. The zero-order chi connectivity index (χ0) is 24.5. The van der Waals surface area contributed by atoms with E-state index in [1.165, 1.54) is 6.33 Å². The van der Waals surface area contributed by atoms with E-state index in [1.807, 2.05) is 12.1 Å². The number of hydrogen-bond donors (Lipinski definition) is 4. The van der Waals surface area contributed by atoms with Gasteiger partial charge in [-0.25, -0.2) is 9.97 Å². The summed E-state index contributed by atoms with van der Waals surface area (Å²) in [5, 5.41) is 43.3. The van der Waals surface area contributed by atoms with Gasteiger partial charge in [-0.05, 0) is 50.3 Å². The van der Waals surface area contributed by atoms with Crippen molar-refractivity contribution in [3.05, 3.63) is 41.7 Å². The van der Waals surface area contributed by atoms with Crippen LogP contribution in [0.5, 0.6) is 5.88 Å². The summed E-state index contributed by atoms with van der Waals surface area (Å²) >= 11 is 0. The van der Waals surface area contributed by atoms with Crippen LogP contribution in [0.15, 0.2) is 30.6 Å². The summed E-state index contributed by atoms with van der Waals surface area (Å²) in [6.07, 6.45) is 0.285. The van der Waals surface area contributed by atoms with E-state index in [9.17, 15) is 15.3 Å². The Morgan fingerprint density at radius 3 is 2.51 bits per heavy atom. The van der Waals surface area contributed by atoms with Crippen molar-refractivity contribution in [2.75, 3.05) is 5.32 Å². The third-order valence-electron chi connectivity index (χ3n) is 6.66. The van der Waals surface area contributed by atoms with Gasteiger partial charge in [0.05, 0.1) is 23.8 Å². The highest BCUT2D eigenvalue weighted by Crippen LogP contribution is 2.36. The SMILES string of the molecule is C[C@H]1O[C@@H](n2c(NC3CCC(O)CC3)nc3c(OCc4ccc(C#N)cc4)ncnc32)[C@H](O)[C@@H]1O. The number of nitrogens with zero attached hydrogens (tertiary/aromatic N) is 5. The predicted molar refractivity (Wildman–Crippen MR) is 124 cm³/mol. The Hall–Kier alpha value is -3.30. The summed E-state index contributed by atoms with van der Waals surface area (Å²) < 4.78 is 13.5. The summed E-state index contributed by atoms with van der Waals surface area (Å²) in [6.45, 7) is 1.91. The van der Waals surface area contributed by atoms with E-state index in [1.54, 1.807) is 23.6 Å². The Morgan fingerprint density at radius 1 is 1.11 bits per heavy atom. The van der Waals surface area contributed by atoms with Crippen molar-refractivity contribution in [2.45, 2.75) is 75.9 Å².